The Kier molecular flexibility index (Phi) is 10.4. The highest BCUT2D eigenvalue weighted by molar-refractivity contribution is 8.00. The summed E-state index contributed by atoms with van der Waals surface area (Å²) in [6.45, 7) is 4.95. The highest BCUT2D eigenvalue weighted by atomic mass is 32.2. The Balaban J connectivity index is 0.991. The normalized spacial score (nSPS) is 11.5. The first-order chi connectivity index (χ1) is 23.7. The third kappa shape index (κ3) is 8.36. The molecule has 0 atom stereocenters. The number of aromatic nitrogens is 4. The van der Waals surface area contributed by atoms with Crippen molar-refractivity contribution >= 4 is 78.6 Å². The number of benzene rings is 4. The molecule has 0 aliphatic rings. The molecule has 0 aliphatic heterocycles. The molecular formula is C34H32N6O6S3. The summed E-state index contributed by atoms with van der Waals surface area (Å²) in [5.41, 5.74) is 4.10. The second-order valence-electron chi connectivity index (χ2n) is 10.5. The molecule has 0 unspecified atom stereocenters. The maximum Gasteiger partial charge on any atom is 0.234 e. The van der Waals surface area contributed by atoms with Crippen molar-refractivity contribution in [3.8, 4) is 11.5 Å². The van der Waals surface area contributed by atoms with Gasteiger partial charge in [0.25, 0.3) is 0 Å². The van der Waals surface area contributed by atoms with E-state index in [9.17, 15) is 18.0 Å². The molecule has 0 bridgehead atoms. The number of rotatable bonds is 14. The monoisotopic (exact) mass is 716 g/mol. The zero-order chi connectivity index (χ0) is 34.4. The predicted molar refractivity (Wildman–Crippen MR) is 192 cm³/mol. The molecule has 252 valence electrons. The summed E-state index contributed by atoms with van der Waals surface area (Å²) in [7, 11) is -3.84. The fourth-order valence-corrected chi connectivity index (χ4v) is 7.44. The van der Waals surface area contributed by atoms with Gasteiger partial charge in [-0.1, -0.05) is 23.5 Å². The number of anilines is 2. The van der Waals surface area contributed by atoms with Gasteiger partial charge in [0.1, 0.15) is 11.5 Å². The van der Waals surface area contributed by atoms with E-state index < -0.39 is 9.84 Å². The van der Waals surface area contributed by atoms with E-state index in [1.54, 1.807) is 0 Å². The van der Waals surface area contributed by atoms with Gasteiger partial charge in [0.05, 0.1) is 56.6 Å². The van der Waals surface area contributed by atoms with Crippen LogP contribution in [0.4, 0.5) is 11.4 Å². The van der Waals surface area contributed by atoms with Gasteiger partial charge < -0.3 is 30.1 Å². The molecule has 6 rings (SSSR count). The number of H-pyrrole nitrogens is 2. The van der Waals surface area contributed by atoms with E-state index in [2.05, 4.69) is 30.6 Å². The summed E-state index contributed by atoms with van der Waals surface area (Å²) in [6.07, 6.45) is 0. The van der Waals surface area contributed by atoms with Crippen LogP contribution < -0.4 is 20.1 Å². The number of hydrogen-bond donors (Lipinski definition) is 4. The van der Waals surface area contributed by atoms with Crippen molar-refractivity contribution in [1.29, 1.82) is 0 Å². The topological polar surface area (TPSA) is 168 Å². The van der Waals surface area contributed by atoms with E-state index in [4.69, 9.17) is 9.47 Å². The van der Waals surface area contributed by atoms with Crippen LogP contribution in [0.2, 0.25) is 0 Å². The molecule has 0 fully saturated rings. The van der Waals surface area contributed by atoms with E-state index in [1.165, 1.54) is 72.1 Å². The maximum atomic E-state index is 13.3. The second kappa shape index (κ2) is 15.1. The van der Waals surface area contributed by atoms with Crippen molar-refractivity contribution in [2.24, 2.45) is 0 Å². The number of hydrogen-bond acceptors (Lipinski definition) is 10. The highest BCUT2D eigenvalue weighted by Gasteiger charge is 2.18. The maximum absolute atomic E-state index is 13.3. The van der Waals surface area contributed by atoms with Gasteiger partial charge in [-0.05, 0) is 86.6 Å². The highest BCUT2D eigenvalue weighted by Crippen LogP contribution is 2.27. The molecule has 0 aliphatic carbocycles. The summed E-state index contributed by atoms with van der Waals surface area (Å²) in [5, 5.41) is 6.76. The van der Waals surface area contributed by atoms with Gasteiger partial charge in [0, 0.05) is 23.5 Å². The van der Waals surface area contributed by atoms with Crippen LogP contribution in [-0.4, -0.2) is 64.9 Å². The Morgan fingerprint density at radius 1 is 0.653 bits per heavy atom. The van der Waals surface area contributed by atoms with Crippen molar-refractivity contribution < 1.29 is 27.5 Å². The summed E-state index contributed by atoms with van der Waals surface area (Å²) < 4.78 is 37.6. The Hall–Kier alpha value is -4.99. The van der Waals surface area contributed by atoms with Crippen molar-refractivity contribution in [2.75, 3.05) is 35.4 Å². The van der Waals surface area contributed by atoms with Gasteiger partial charge in [-0.2, -0.15) is 0 Å². The molecular weight excluding hydrogens is 685 g/mol. The zero-order valence-corrected chi connectivity index (χ0v) is 28.9. The van der Waals surface area contributed by atoms with Crippen molar-refractivity contribution in [1.82, 2.24) is 19.9 Å². The van der Waals surface area contributed by atoms with Gasteiger partial charge in [0.15, 0.2) is 10.3 Å². The Morgan fingerprint density at radius 2 is 1.06 bits per heavy atom. The molecule has 0 saturated carbocycles. The average molecular weight is 717 g/mol. The number of nitrogens with one attached hydrogen (secondary N) is 4. The number of aromatic amines is 2. The van der Waals surface area contributed by atoms with Gasteiger partial charge >= 0.3 is 0 Å². The van der Waals surface area contributed by atoms with Crippen LogP contribution in [0.15, 0.2) is 105 Å². The molecule has 0 saturated heterocycles. The van der Waals surface area contributed by atoms with Crippen LogP contribution in [0.1, 0.15) is 13.8 Å². The van der Waals surface area contributed by atoms with Gasteiger partial charge in [-0.25, -0.2) is 18.4 Å². The fourth-order valence-electron chi connectivity index (χ4n) is 4.81. The summed E-state index contributed by atoms with van der Waals surface area (Å²) in [6, 6.07) is 23.0. The van der Waals surface area contributed by atoms with Crippen molar-refractivity contribution in [3.63, 3.8) is 0 Å². The number of nitrogens with zero attached hydrogens (tertiary/aromatic N) is 2. The third-order valence-corrected chi connectivity index (χ3v) is 10.6. The van der Waals surface area contributed by atoms with Crippen molar-refractivity contribution in [3.05, 3.63) is 84.9 Å². The first-order valence-electron chi connectivity index (χ1n) is 15.3. The largest absolute Gasteiger partial charge is 0.494 e. The molecule has 4 N–H and O–H groups in total. The molecule has 49 heavy (non-hydrogen) atoms. The minimum absolute atomic E-state index is 0.0703. The van der Waals surface area contributed by atoms with Crippen LogP contribution in [0.3, 0.4) is 0 Å². The molecule has 0 radical (unpaired) electrons. The zero-order valence-electron chi connectivity index (χ0n) is 26.5. The minimum Gasteiger partial charge on any atom is -0.494 e. The first kappa shape index (κ1) is 33.9. The van der Waals surface area contributed by atoms with Crippen LogP contribution in [0, 0.1) is 0 Å². The minimum atomic E-state index is -3.84. The molecule has 0 spiro atoms. The van der Waals surface area contributed by atoms with Crippen LogP contribution in [-0.2, 0) is 19.4 Å². The van der Waals surface area contributed by atoms with Crippen LogP contribution >= 0.6 is 23.5 Å². The summed E-state index contributed by atoms with van der Waals surface area (Å²) in [5.74, 6) is 1.16. The molecule has 12 nitrogen and oxygen atoms in total. The van der Waals surface area contributed by atoms with E-state index >= 15 is 0 Å². The predicted octanol–water partition coefficient (Wildman–Crippen LogP) is 6.53. The third-order valence-electron chi connectivity index (χ3n) is 7.06. The lowest BCUT2D eigenvalue weighted by atomic mass is 10.3. The average Bonchev–Trinajstić information content (AvgIpc) is 3.70. The number of thioether (sulfide) groups is 2. The first-order valence-corrected chi connectivity index (χ1v) is 18.7. The number of fused-ring (bicyclic) bond motifs is 2. The second-order valence-corrected chi connectivity index (χ2v) is 14.4. The molecule has 2 aromatic heterocycles. The number of sulfone groups is 1. The van der Waals surface area contributed by atoms with Gasteiger partial charge in [0.2, 0.25) is 21.7 Å². The smallest absolute Gasteiger partial charge is 0.234 e. The van der Waals surface area contributed by atoms with Crippen molar-refractivity contribution in [2.45, 2.75) is 34.0 Å². The number of amides is 2. The van der Waals surface area contributed by atoms with Crippen LogP contribution in [0.5, 0.6) is 11.5 Å². The lowest BCUT2D eigenvalue weighted by molar-refractivity contribution is -0.114. The summed E-state index contributed by atoms with van der Waals surface area (Å²) in [4.78, 5) is 40.6. The Labute approximate surface area is 290 Å². The molecule has 15 heteroatoms. The Morgan fingerprint density at radius 3 is 1.45 bits per heavy atom. The van der Waals surface area contributed by atoms with Gasteiger partial charge in [-0.3, -0.25) is 9.59 Å². The lowest BCUT2D eigenvalue weighted by Crippen LogP contribution is -2.14. The number of carbonyl (C=O) groups is 2. The molecule has 4 aromatic carbocycles. The van der Waals surface area contributed by atoms with E-state index in [0.29, 0.717) is 34.9 Å². The Bertz CT molecular complexity index is 2070. The van der Waals surface area contributed by atoms with E-state index in [-0.39, 0.29) is 33.1 Å². The molecule has 2 amide bonds. The van der Waals surface area contributed by atoms with E-state index in [0.717, 1.165) is 33.6 Å². The number of carbonyl (C=O) groups excluding carboxylic acids is 2. The lowest BCUT2D eigenvalue weighted by Gasteiger charge is -2.09. The number of ether oxygens (including phenoxy) is 2. The van der Waals surface area contributed by atoms with Gasteiger partial charge in [-0.15, -0.1) is 0 Å². The molecule has 2 heterocycles. The molecule has 6 aromatic rings. The quantitative estimate of drug-likeness (QED) is 0.0910. The van der Waals surface area contributed by atoms with Crippen LogP contribution in [0.25, 0.3) is 22.1 Å². The fraction of sp³-hybridized carbons (Fsp3) is 0.176. The SMILES string of the molecule is CCOc1ccc2nc(SCC(=O)Nc3ccc(S(=O)(=O)c4ccc(NC(=O)CSc5nc6ccc(OCC)cc6[nH]5)cc4)cc3)[nH]c2c1. The number of imidazole rings is 2. The summed E-state index contributed by atoms with van der Waals surface area (Å²) >= 11 is 2.51. The standard InChI is InChI=1S/C34H32N6O6S3/c1-3-45-23-9-15-27-29(17-23)39-33(37-27)47-19-31(41)35-21-5-11-25(12-6-21)49(43,44)26-13-7-22(8-14-26)36-32(42)20-48-34-38-28-16-10-24(46-4-2)18-30(28)40-34/h5-18H,3-4,19-20H2,1-2H3,(H,35,41)(H,36,42)(H,37,39)(H,38,40). The van der Waals surface area contributed by atoms with E-state index in [1.807, 2.05) is 50.2 Å².